The Kier molecular flexibility index (Phi) is 6.30. The Hall–Kier alpha value is -3.16. The number of carbonyl (C=O) groups is 2. The first-order valence-electron chi connectivity index (χ1n) is 9.99. The summed E-state index contributed by atoms with van der Waals surface area (Å²) in [5.74, 6) is -0.410. The quantitative estimate of drug-likeness (QED) is 0.527. The minimum Gasteiger partial charge on any atom is -0.455 e. The summed E-state index contributed by atoms with van der Waals surface area (Å²) in [5, 5.41) is 3.13. The lowest BCUT2D eigenvalue weighted by Gasteiger charge is -2.15. The smallest absolute Gasteiger partial charge is 0.228 e. The van der Waals surface area contributed by atoms with Crippen LogP contribution in [0.3, 0.4) is 0 Å². The molecule has 1 N–H and O–H groups in total. The molecule has 0 unspecified atom stereocenters. The van der Waals surface area contributed by atoms with E-state index in [1.807, 2.05) is 18.2 Å². The maximum Gasteiger partial charge on any atom is 0.228 e. The first-order chi connectivity index (χ1) is 15.3. The fraction of sp³-hybridized carbons (Fsp3) is 0.167. The third-order valence-electron chi connectivity index (χ3n) is 5.18. The van der Waals surface area contributed by atoms with Crippen molar-refractivity contribution < 1.29 is 22.7 Å². The van der Waals surface area contributed by atoms with Crippen LogP contribution in [0.25, 0.3) is 0 Å². The maximum absolute atomic E-state index is 12.6. The predicted molar refractivity (Wildman–Crippen MR) is 123 cm³/mol. The van der Waals surface area contributed by atoms with Gasteiger partial charge in [0.15, 0.2) is 21.4 Å². The molecule has 8 heteroatoms. The topological polar surface area (TPSA) is 89.5 Å². The number of rotatable bonds is 6. The number of amides is 1. The van der Waals surface area contributed by atoms with Gasteiger partial charge in [-0.1, -0.05) is 41.9 Å². The van der Waals surface area contributed by atoms with E-state index in [0.29, 0.717) is 39.8 Å². The van der Waals surface area contributed by atoms with Gasteiger partial charge >= 0.3 is 0 Å². The largest absolute Gasteiger partial charge is 0.455 e. The molecule has 0 bridgehead atoms. The lowest BCUT2D eigenvalue weighted by molar-refractivity contribution is -0.119. The highest BCUT2D eigenvalue weighted by Gasteiger charge is 2.33. The number of hydrogen-bond acceptors (Lipinski definition) is 5. The third kappa shape index (κ3) is 5.18. The number of sulfone groups is 1. The molecule has 0 aromatic heterocycles. The Morgan fingerprint density at radius 2 is 1.62 bits per heavy atom. The summed E-state index contributed by atoms with van der Waals surface area (Å²) in [6.07, 6.45) is 0.293. The normalized spacial score (nSPS) is 17.0. The highest BCUT2D eigenvalue weighted by atomic mass is 35.5. The number of anilines is 1. The van der Waals surface area contributed by atoms with Gasteiger partial charge in [0.25, 0.3) is 0 Å². The zero-order valence-electron chi connectivity index (χ0n) is 17.0. The number of ketones is 1. The Labute approximate surface area is 191 Å². The molecule has 1 atom stereocenters. The van der Waals surface area contributed by atoms with Crippen LogP contribution in [0.5, 0.6) is 11.5 Å². The Balaban J connectivity index is 1.50. The van der Waals surface area contributed by atoms with Crippen molar-refractivity contribution in [3.05, 3.63) is 88.9 Å². The van der Waals surface area contributed by atoms with Crippen molar-refractivity contribution in [1.82, 2.24) is 0 Å². The van der Waals surface area contributed by atoms with Crippen molar-refractivity contribution in [1.29, 1.82) is 0 Å². The molecule has 1 amide bonds. The van der Waals surface area contributed by atoms with Crippen molar-refractivity contribution in [2.75, 3.05) is 16.8 Å². The number of ether oxygens (including phenoxy) is 1. The van der Waals surface area contributed by atoms with Gasteiger partial charge < -0.3 is 10.1 Å². The lowest BCUT2D eigenvalue weighted by Crippen LogP contribution is -2.23. The molecule has 4 rings (SSSR count). The van der Waals surface area contributed by atoms with Crippen LogP contribution in [0.2, 0.25) is 5.02 Å². The van der Waals surface area contributed by atoms with Crippen LogP contribution in [0.1, 0.15) is 22.3 Å². The summed E-state index contributed by atoms with van der Waals surface area (Å²) in [7, 11) is -3.18. The standard InChI is InChI=1S/C24H20ClNO5S/c25-19-8-11-22(21(14-19)26-24(28)18-12-13-32(29,30)15-18)31-20-9-6-17(7-10-20)23(27)16-4-2-1-3-5-16/h1-11,14,18H,12-13,15H2,(H,26,28)/t18-/m0/s1. The van der Waals surface area contributed by atoms with Crippen LogP contribution >= 0.6 is 11.6 Å². The van der Waals surface area contributed by atoms with Gasteiger partial charge in [-0.2, -0.15) is 0 Å². The molecule has 1 heterocycles. The summed E-state index contributed by atoms with van der Waals surface area (Å²) in [6, 6.07) is 20.4. The Morgan fingerprint density at radius 1 is 0.938 bits per heavy atom. The van der Waals surface area contributed by atoms with E-state index in [2.05, 4.69) is 5.32 Å². The zero-order valence-corrected chi connectivity index (χ0v) is 18.5. The van der Waals surface area contributed by atoms with E-state index in [9.17, 15) is 18.0 Å². The summed E-state index contributed by atoms with van der Waals surface area (Å²) in [4.78, 5) is 25.1. The molecular formula is C24H20ClNO5S. The molecular weight excluding hydrogens is 450 g/mol. The molecule has 1 fully saturated rings. The molecule has 0 spiro atoms. The van der Waals surface area contributed by atoms with Crippen LogP contribution in [0.15, 0.2) is 72.8 Å². The van der Waals surface area contributed by atoms with E-state index in [4.69, 9.17) is 16.3 Å². The maximum atomic E-state index is 12.6. The van der Waals surface area contributed by atoms with Gasteiger partial charge in [-0.15, -0.1) is 0 Å². The van der Waals surface area contributed by atoms with Crippen LogP contribution in [0, 0.1) is 5.92 Å². The highest BCUT2D eigenvalue weighted by Crippen LogP contribution is 2.33. The Bertz CT molecular complexity index is 1260. The van der Waals surface area contributed by atoms with Crippen molar-refractivity contribution >= 4 is 38.8 Å². The molecule has 3 aromatic carbocycles. The number of halogens is 1. The van der Waals surface area contributed by atoms with Crippen LogP contribution < -0.4 is 10.1 Å². The molecule has 3 aromatic rings. The van der Waals surface area contributed by atoms with Gasteiger partial charge in [0.2, 0.25) is 5.91 Å². The van der Waals surface area contributed by atoms with Gasteiger partial charge in [-0.3, -0.25) is 9.59 Å². The summed E-state index contributed by atoms with van der Waals surface area (Å²) < 4.78 is 29.3. The SMILES string of the molecule is O=C(c1ccccc1)c1ccc(Oc2ccc(Cl)cc2NC(=O)[C@H]2CCS(=O)(=O)C2)cc1. The minimum absolute atomic E-state index is 0.0119. The molecule has 1 aliphatic heterocycles. The van der Waals surface area contributed by atoms with Crippen LogP contribution in [-0.4, -0.2) is 31.6 Å². The average Bonchev–Trinajstić information content (AvgIpc) is 3.16. The predicted octanol–water partition coefficient (Wildman–Crippen LogP) is 4.74. The van der Waals surface area contributed by atoms with E-state index in [0.717, 1.165) is 0 Å². The van der Waals surface area contributed by atoms with E-state index in [1.165, 1.54) is 0 Å². The van der Waals surface area contributed by atoms with Gasteiger partial charge in [0, 0.05) is 16.1 Å². The summed E-state index contributed by atoms with van der Waals surface area (Å²) in [6.45, 7) is 0. The molecule has 1 saturated heterocycles. The summed E-state index contributed by atoms with van der Waals surface area (Å²) >= 11 is 6.08. The monoisotopic (exact) mass is 469 g/mol. The molecule has 0 radical (unpaired) electrons. The van der Waals surface area contributed by atoms with E-state index in [1.54, 1.807) is 54.6 Å². The van der Waals surface area contributed by atoms with Gasteiger partial charge in [-0.05, 0) is 48.9 Å². The van der Waals surface area contributed by atoms with E-state index < -0.39 is 15.8 Å². The molecule has 0 aliphatic carbocycles. The number of benzene rings is 3. The minimum atomic E-state index is -3.18. The zero-order chi connectivity index (χ0) is 22.7. The average molecular weight is 470 g/mol. The van der Waals surface area contributed by atoms with Crippen molar-refractivity contribution in [2.45, 2.75) is 6.42 Å². The molecule has 0 saturated carbocycles. The van der Waals surface area contributed by atoms with Crippen molar-refractivity contribution in [3.63, 3.8) is 0 Å². The molecule has 32 heavy (non-hydrogen) atoms. The lowest BCUT2D eigenvalue weighted by atomic mass is 10.0. The fourth-order valence-corrected chi connectivity index (χ4v) is 5.40. The number of hydrogen-bond donors (Lipinski definition) is 1. The van der Waals surface area contributed by atoms with E-state index in [-0.39, 0.29) is 23.2 Å². The van der Waals surface area contributed by atoms with Crippen molar-refractivity contribution in [2.24, 2.45) is 5.92 Å². The molecule has 164 valence electrons. The molecule has 1 aliphatic rings. The second-order valence-electron chi connectivity index (χ2n) is 7.55. The first-order valence-corrected chi connectivity index (χ1v) is 12.2. The third-order valence-corrected chi connectivity index (χ3v) is 7.19. The van der Waals surface area contributed by atoms with Crippen LogP contribution in [-0.2, 0) is 14.6 Å². The van der Waals surface area contributed by atoms with Gasteiger partial charge in [-0.25, -0.2) is 8.42 Å². The van der Waals surface area contributed by atoms with Gasteiger partial charge in [0.1, 0.15) is 5.75 Å². The van der Waals surface area contributed by atoms with Crippen LogP contribution in [0.4, 0.5) is 5.69 Å². The summed E-state index contributed by atoms with van der Waals surface area (Å²) in [5.41, 5.74) is 1.46. The molecule has 6 nitrogen and oxygen atoms in total. The second kappa shape index (κ2) is 9.14. The Morgan fingerprint density at radius 3 is 2.28 bits per heavy atom. The highest BCUT2D eigenvalue weighted by molar-refractivity contribution is 7.91. The first kappa shape index (κ1) is 22.0. The number of carbonyl (C=O) groups excluding carboxylic acids is 2. The van der Waals surface area contributed by atoms with E-state index >= 15 is 0 Å². The second-order valence-corrected chi connectivity index (χ2v) is 10.2. The number of nitrogens with one attached hydrogen (secondary N) is 1. The van der Waals surface area contributed by atoms with Crippen molar-refractivity contribution in [3.8, 4) is 11.5 Å². The van der Waals surface area contributed by atoms with Gasteiger partial charge in [0.05, 0.1) is 23.1 Å². The fourth-order valence-electron chi connectivity index (χ4n) is 3.48.